The molecule has 1 unspecified atom stereocenters. The van der Waals surface area contributed by atoms with Crippen molar-refractivity contribution in [3.63, 3.8) is 0 Å². The first-order valence-corrected chi connectivity index (χ1v) is 6.47. The molecule has 4 heteroatoms. The Labute approximate surface area is 100 Å². The van der Waals surface area contributed by atoms with Gasteiger partial charge in [0.25, 0.3) is 5.91 Å². The van der Waals surface area contributed by atoms with E-state index in [0.717, 1.165) is 18.0 Å². The van der Waals surface area contributed by atoms with Crippen LogP contribution in [-0.4, -0.2) is 35.5 Å². The van der Waals surface area contributed by atoms with Gasteiger partial charge >= 0.3 is 0 Å². The van der Waals surface area contributed by atoms with Gasteiger partial charge in [-0.2, -0.15) is 0 Å². The third-order valence-corrected chi connectivity index (χ3v) is 3.91. The van der Waals surface area contributed by atoms with Crippen LogP contribution in [0.3, 0.4) is 0 Å². The highest BCUT2D eigenvalue weighted by Crippen LogP contribution is 2.23. The van der Waals surface area contributed by atoms with Gasteiger partial charge in [-0.05, 0) is 32.2 Å². The molecule has 1 saturated heterocycles. The summed E-state index contributed by atoms with van der Waals surface area (Å²) in [6.07, 6.45) is 0. The van der Waals surface area contributed by atoms with Gasteiger partial charge in [-0.15, -0.1) is 11.3 Å². The lowest BCUT2D eigenvalue weighted by atomic mass is 9.97. The monoisotopic (exact) mass is 238 g/mol. The highest BCUT2D eigenvalue weighted by atomic mass is 32.1. The van der Waals surface area contributed by atoms with Crippen LogP contribution in [0.2, 0.25) is 0 Å². The fourth-order valence-corrected chi connectivity index (χ4v) is 2.67. The molecular weight excluding hydrogens is 220 g/mol. The zero-order valence-electron chi connectivity index (χ0n) is 9.99. The fraction of sp³-hybridized carbons (Fsp3) is 0.583. The molecule has 0 spiro atoms. The van der Waals surface area contributed by atoms with Crippen LogP contribution in [0.1, 0.15) is 30.4 Å². The smallest absolute Gasteiger partial charge is 0.264 e. The van der Waals surface area contributed by atoms with Crippen LogP contribution in [-0.2, 0) is 0 Å². The lowest BCUT2D eigenvalue weighted by Crippen LogP contribution is -2.62. The molecule has 2 rings (SSSR count). The molecule has 1 aromatic heterocycles. The summed E-state index contributed by atoms with van der Waals surface area (Å²) in [4.78, 5) is 15.2. The molecule has 1 amide bonds. The summed E-state index contributed by atoms with van der Waals surface area (Å²) in [6, 6.07) is 4.20. The molecule has 0 aromatic carbocycles. The predicted molar refractivity (Wildman–Crippen MR) is 66.9 cm³/mol. The number of carbonyl (C=O) groups is 1. The van der Waals surface area contributed by atoms with Crippen LogP contribution in [0.5, 0.6) is 0 Å². The van der Waals surface area contributed by atoms with E-state index in [4.69, 9.17) is 0 Å². The molecule has 1 atom stereocenters. The average Bonchev–Trinajstić information content (AvgIpc) is 2.74. The second-order valence-corrected chi connectivity index (χ2v) is 5.94. The summed E-state index contributed by atoms with van der Waals surface area (Å²) in [5.74, 6) is 0.161. The second-order valence-electron chi connectivity index (χ2n) is 4.99. The molecule has 16 heavy (non-hydrogen) atoms. The summed E-state index contributed by atoms with van der Waals surface area (Å²) in [5, 5.41) is 5.36. The Morgan fingerprint density at radius 3 is 3.00 bits per heavy atom. The van der Waals surface area contributed by atoms with Gasteiger partial charge in [0, 0.05) is 19.1 Å². The lowest BCUT2D eigenvalue weighted by Gasteiger charge is -2.45. The van der Waals surface area contributed by atoms with Crippen LogP contribution >= 0.6 is 11.3 Å². The number of nitrogens with one attached hydrogen (secondary N) is 1. The van der Waals surface area contributed by atoms with E-state index in [1.165, 1.54) is 11.3 Å². The topological polar surface area (TPSA) is 32.3 Å². The van der Waals surface area contributed by atoms with Crippen molar-refractivity contribution in [3.05, 3.63) is 22.4 Å². The van der Waals surface area contributed by atoms with Crippen molar-refractivity contribution in [1.82, 2.24) is 10.2 Å². The predicted octanol–water partition coefficient (Wildman–Crippen LogP) is 1.96. The number of rotatable bonds is 1. The molecule has 0 aliphatic carbocycles. The van der Waals surface area contributed by atoms with Crippen molar-refractivity contribution in [1.29, 1.82) is 0 Å². The summed E-state index contributed by atoms with van der Waals surface area (Å²) in [7, 11) is 0. The molecule has 0 radical (unpaired) electrons. The minimum atomic E-state index is -0.104. The third-order valence-electron chi connectivity index (χ3n) is 3.05. The summed E-state index contributed by atoms with van der Waals surface area (Å²) in [6.45, 7) is 7.97. The lowest BCUT2D eigenvalue weighted by molar-refractivity contribution is 0.0416. The maximum absolute atomic E-state index is 12.3. The van der Waals surface area contributed by atoms with Crippen LogP contribution in [0.4, 0.5) is 0 Å². The van der Waals surface area contributed by atoms with Crippen molar-refractivity contribution in [2.75, 3.05) is 13.1 Å². The highest BCUT2D eigenvalue weighted by Gasteiger charge is 2.36. The zero-order valence-corrected chi connectivity index (χ0v) is 10.8. The molecule has 3 nitrogen and oxygen atoms in total. The van der Waals surface area contributed by atoms with Gasteiger partial charge < -0.3 is 10.2 Å². The first-order valence-electron chi connectivity index (χ1n) is 5.59. The molecule has 1 fully saturated rings. The van der Waals surface area contributed by atoms with E-state index in [1.54, 1.807) is 0 Å². The molecule has 1 aromatic rings. The standard InChI is InChI=1S/C12H18N2OS/c1-9-7-14(12(2,3)8-13-9)11(15)10-5-4-6-16-10/h4-6,9,13H,7-8H2,1-3H3. The summed E-state index contributed by atoms with van der Waals surface area (Å²) in [5.41, 5.74) is -0.104. The number of piperazine rings is 1. The van der Waals surface area contributed by atoms with E-state index in [2.05, 4.69) is 26.1 Å². The first-order chi connectivity index (χ1) is 7.50. The SMILES string of the molecule is CC1CN(C(=O)c2cccs2)C(C)(C)CN1. The maximum Gasteiger partial charge on any atom is 0.264 e. The van der Waals surface area contributed by atoms with Crippen molar-refractivity contribution < 1.29 is 4.79 Å². The molecule has 1 aliphatic heterocycles. The number of hydrogen-bond donors (Lipinski definition) is 1. The van der Waals surface area contributed by atoms with Gasteiger partial charge in [0.1, 0.15) is 0 Å². The Morgan fingerprint density at radius 2 is 2.38 bits per heavy atom. The first kappa shape index (κ1) is 11.6. The molecule has 0 bridgehead atoms. The van der Waals surface area contributed by atoms with Crippen molar-refractivity contribution in [2.45, 2.75) is 32.4 Å². The van der Waals surface area contributed by atoms with Crippen LogP contribution < -0.4 is 5.32 Å². The Hall–Kier alpha value is -0.870. The Bertz CT molecular complexity index is 372. The quantitative estimate of drug-likeness (QED) is 0.811. The van der Waals surface area contributed by atoms with Gasteiger partial charge in [-0.25, -0.2) is 0 Å². The number of nitrogens with zero attached hydrogens (tertiary/aromatic N) is 1. The van der Waals surface area contributed by atoms with E-state index < -0.39 is 0 Å². The van der Waals surface area contributed by atoms with Gasteiger partial charge in [-0.3, -0.25) is 4.79 Å². The minimum absolute atomic E-state index is 0.104. The minimum Gasteiger partial charge on any atom is -0.330 e. The molecule has 2 heterocycles. The normalized spacial score (nSPS) is 24.4. The van der Waals surface area contributed by atoms with Crippen molar-refractivity contribution in [2.24, 2.45) is 0 Å². The average molecular weight is 238 g/mol. The zero-order chi connectivity index (χ0) is 11.8. The van der Waals surface area contributed by atoms with E-state index in [9.17, 15) is 4.79 Å². The largest absolute Gasteiger partial charge is 0.330 e. The molecular formula is C12H18N2OS. The number of hydrogen-bond acceptors (Lipinski definition) is 3. The second kappa shape index (κ2) is 4.18. The third kappa shape index (κ3) is 2.13. The molecule has 1 aliphatic rings. The van der Waals surface area contributed by atoms with Crippen LogP contribution in [0.15, 0.2) is 17.5 Å². The van der Waals surface area contributed by atoms with E-state index >= 15 is 0 Å². The van der Waals surface area contributed by atoms with E-state index in [1.807, 2.05) is 22.4 Å². The van der Waals surface area contributed by atoms with E-state index in [0.29, 0.717) is 6.04 Å². The van der Waals surface area contributed by atoms with Crippen LogP contribution in [0, 0.1) is 0 Å². The Balaban J connectivity index is 2.21. The maximum atomic E-state index is 12.3. The van der Waals surface area contributed by atoms with Gasteiger partial charge in [0.2, 0.25) is 0 Å². The molecule has 1 N–H and O–H groups in total. The summed E-state index contributed by atoms with van der Waals surface area (Å²) < 4.78 is 0. The molecule has 88 valence electrons. The number of thiophene rings is 1. The number of carbonyl (C=O) groups excluding carboxylic acids is 1. The van der Waals surface area contributed by atoms with Gasteiger partial charge in [0.15, 0.2) is 0 Å². The Kier molecular flexibility index (Phi) is 3.04. The number of amides is 1. The summed E-state index contributed by atoms with van der Waals surface area (Å²) >= 11 is 1.52. The van der Waals surface area contributed by atoms with Crippen molar-refractivity contribution >= 4 is 17.2 Å². The van der Waals surface area contributed by atoms with Gasteiger partial charge in [-0.1, -0.05) is 6.07 Å². The fourth-order valence-electron chi connectivity index (χ4n) is 2.00. The van der Waals surface area contributed by atoms with Crippen LogP contribution in [0.25, 0.3) is 0 Å². The van der Waals surface area contributed by atoms with Crippen molar-refractivity contribution in [3.8, 4) is 0 Å². The highest BCUT2D eigenvalue weighted by molar-refractivity contribution is 7.12. The van der Waals surface area contributed by atoms with E-state index in [-0.39, 0.29) is 11.4 Å². The van der Waals surface area contributed by atoms with Gasteiger partial charge in [0.05, 0.1) is 10.4 Å². The molecule has 0 saturated carbocycles. The Morgan fingerprint density at radius 1 is 1.62 bits per heavy atom.